The topological polar surface area (TPSA) is 99.1 Å². The molecule has 0 heterocycles. The lowest BCUT2D eigenvalue weighted by atomic mass is 10.2. The first-order valence-corrected chi connectivity index (χ1v) is 6.00. The number of carbonyl (C=O) groups is 1. The Morgan fingerprint density at radius 2 is 2.00 bits per heavy atom. The number of nitrogens with zero attached hydrogens (tertiary/aromatic N) is 1. The zero-order valence-electron chi connectivity index (χ0n) is 9.54. The summed E-state index contributed by atoms with van der Waals surface area (Å²) in [5.41, 5.74) is -0.239. The maximum absolute atomic E-state index is 11.6. The molecular weight excluding hydrogens is 262 g/mol. The van der Waals surface area contributed by atoms with E-state index < -0.39 is 20.9 Å². The Morgan fingerprint density at radius 3 is 2.50 bits per heavy atom. The number of hydrogen-bond donors (Lipinski definition) is 0. The molecule has 1 rings (SSSR count). The molecule has 0 radical (unpaired) electrons. The van der Waals surface area contributed by atoms with Crippen molar-refractivity contribution in [3.05, 3.63) is 23.8 Å². The number of esters is 1. The molecule has 8 heteroatoms. The highest BCUT2D eigenvalue weighted by molar-refractivity contribution is 7.90. The van der Waals surface area contributed by atoms with Crippen LogP contribution in [-0.4, -0.2) is 34.7 Å². The first-order valence-electron chi connectivity index (χ1n) is 4.56. The minimum Gasteiger partial charge on any atom is -0.497 e. The van der Waals surface area contributed by atoms with E-state index in [1.54, 1.807) is 0 Å². The minimum atomic E-state index is -4.31. The van der Waals surface area contributed by atoms with E-state index in [4.69, 9.17) is 4.74 Å². The monoisotopic (exact) mass is 271 g/mol. The van der Waals surface area contributed by atoms with Crippen LogP contribution in [0.4, 0.5) is 0 Å². The molecule has 7 nitrogen and oxygen atoms in total. The van der Waals surface area contributed by atoms with Crippen LogP contribution < -0.4 is 4.74 Å². The standard InChI is InChI=1S/C10H9NO6S/c1-16-7-3-4-8(10(13)17-2)9(5-7)18(14,15)11-6-12/h3-5H,1-2H3. The van der Waals surface area contributed by atoms with E-state index in [-0.39, 0.29) is 11.3 Å². The van der Waals surface area contributed by atoms with Crippen molar-refractivity contribution in [2.24, 2.45) is 4.40 Å². The van der Waals surface area contributed by atoms with E-state index >= 15 is 0 Å². The van der Waals surface area contributed by atoms with Gasteiger partial charge in [-0.1, -0.05) is 4.40 Å². The van der Waals surface area contributed by atoms with Gasteiger partial charge in [-0.15, -0.1) is 0 Å². The first kappa shape index (κ1) is 13.9. The van der Waals surface area contributed by atoms with Gasteiger partial charge < -0.3 is 9.47 Å². The van der Waals surface area contributed by atoms with Gasteiger partial charge in [-0.25, -0.2) is 9.59 Å². The molecule has 0 aliphatic heterocycles. The van der Waals surface area contributed by atoms with Gasteiger partial charge in [-0.3, -0.25) is 0 Å². The Balaban J connectivity index is 3.56. The second kappa shape index (κ2) is 5.44. The second-order valence-corrected chi connectivity index (χ2v) is 4.58. The van der Waals surface area contributed by atoms with E-state index in [9.17, 15) is 18.0 Å². The van der Waals surface area contributed by atoms with Crippen molar-refractivity contribution in [3.63, 3.8) is 0 Å². The van der Waals surface area contributed by atoms with E-state index in [0.717, 1.165) is 19.3 Å². The fraction of sp³-hybridized carbons (Fsp3) is 0.200. The third-order valence-corrected chi connectivity index (χ3v) is 3.24. The summed E-state index contributed by atoms with van der Waals surface area (Å²) in [5, 5.41) is 0. The molecule has 0 spiro atoms. The number of sulfonamides is 1. The van der Waals surface area contributed by atoms with Gasteiger partial charge >= 0.3 is 5.97 Å². The fourth-order valence-corrected chi connectivity index (χ4v) is 2.11. The zero-order valence-corrected chi connectivity index (χ0v) is 10.4. The zero-order chi connectivity index (χ0) is 13.8. The number of hydrogen-bond acceptors (Lipinski definition) is 6. The molecule has 0 aromatic heterocycles. The molecule has 0 amide bonds. The molecule has 96 valence electrons. The largest absolute Gasteiger partial charge is 0.497 e. The second-order valence-electron chi connectivity index (χ2n) is 3.01. The van der Waals surface area contributed by atoms with Gasteiger partial charge in [0.2, 0.25) is 0 Å². The number of methoxy groups -OCH3 is 2. The molecule has 0 aliphatic rings. The highest BCUT2D eigenvalue weighted by Gasteiger charge is 2.23. The van der Waals surface area contributed by atoms with Crippen LogP contribution in [0.3, 0.4) is 0 Å². The van der Waals surface area contributed by atoms with Crippen LogP contribution in [0.25, 0.3) is 0 Å². The van der Waals surface area contributed by atoms with Crippen LogP contribution in [0.5, 0.6) is 5.75 Å². The third kappa shape index (κ3) is 2.73. The van der Waals surface area contributed by atoms with Crippen LogP contribution in [0.15, 0.2) is 27.5 Å². The Hall–Kier alpha value is -2.18. The van der Waals surface area contributed by atoms with Gasteiger partial charge in [0.25, 0.3) is 16.1 Å². The molecule has 0 aliphatic carbocycles. The molecule has 0 atom stereocenters. The minimum absolute atomic E-state index is 0.197. The third-order valence-electron chi connectivity index (χ3n) is 2.03. The summed E-state index contributed by atoms with van der Waals surface area (Å²) in [5.74, 6) is -0.667. The predicted molar refractivity (Wildman–Crippen MR) is 59.6 cm³/mol. The summed E-state index contributed by atoms with van der Waals surface area (Å²) in [6.45, 7) is 0. The number of benzene rings is 1. The fourth-order valence-electron chi connectivity index (χ4n) is 1.22. The lowest BCUT2D eigenvalue weighted by molar-refractivity contribution is 0.0596. The van der Waals surface area contributed by atoms with Crippen LogP contribution >= 0.6 is 0 Å². The van der Waals surface area contributed by atoms with Gasteiger partial charge in [0.15, 0.2) is 0 Å². The van der Waals surface area contributed by atoms with Crippen molar-refractivity contribution in [2.45, 2.75) is 4.90 Å². The Bertz CT molecular complexity index is 615. The molecule has 0 saturated carbocycles. The number of carbonyl (C=O) groups excluding carboxylic acids is 2. The highest BCUT2D eigenvalue weighted by atomic mass is 32.2. The number of rotatable bonds is 4. The predicted octanol–water partition coefficient (Wildman–Crippen LogP) is 0.506. The van der Waals surface area contributed by atoms with Crippen molar-refractivity contribution in [2.75, 3.05) is 14.2 Å². The van der Waals surface area contributed by atoms with Crippen LogP contribution in [0.1, 0.15) is 10.4 Å². The van der Waals surface area contributed by atoms with Crippen molar-refractivity contribution in [1.82, 2.24) is 0 Å². The van der Waals surface area contributed by atoms with E-state index in [1.165, 1.54) is 19.2 Å². The van der Waals surface area contributed by atoms with Crippen molar-refractivity contribution >= 4 is 22.1 Å². The van der Waals surface area contributed by atoms with Gasteiger partial charge in [0.05, 0.1) is 19.8 Å². The molecule has 0 unspecified atom stereocenters. The van der Waals surface area contributed by atoms with E-state index in [0.29, 0.717) is 0 Å². The summed E-state index contributed by atoms with van der Waals surface area (Å²) in [4.78, 5) is 21.0. The first-order chi connectivity index (χ1) is 8.46. The summed E-state index contributed by atoms with van der Waals surface area (Å²) in [6.07, 6.45) is 0.922. The van der Waals surface area contributed by atoms with E-state index in [1.807, 2.05) is 0 Å². The summed E-state index contributed by atoms with van der Waals surface area (Å²) in [6, 6.07) is 3.66. The average Bonchev–Trinajstić information content (AvgIpc) is 2.37. The SMILES string of the molecule is COC(=O)c1ccc(OC)cc1S(=O)(=O)N=C=O. The summed E-state index contributed by atoms with van der Waals surface area (Å²) in [7, 11) is -1.88. The molecular formula is C10H9NO6S. The van der Waals surface area contributed by atoms with Gasteiger partial charge in [-0.2, -0.15) is 8.42 Å². The maximum Gasteiger partial charge on any atom is 0.339 e. The summed E-state index contributed by atoms with van der Waals surface area (Å²) < 4.78 is 35.3. The molecule has 0 N–H and O–H groups in total. The van der Waals surface area contributed by atoms with Crippen LogP contribution in [-0.2, 0) is 19.6 Å². The van der Waals surface area contributed by atoms with Crippen molar-refractivity contribution in [3.8, 4) is 5.75 Å². The lowest BCUT2D eigenvalue weighted by Gasteiger charge is -2.07. The average molecular weight is 271 g/mol. The Morgan fingerprint density at radius 1 is 1.33 bits per heavy atom. The Labute approximate surface area is 103 Å². The normalized spacial score (nSPS) is 10.3. The maximum atomic E-state index is 11.6. The molecule has 1 aromatic rings. The van der Waals surface area contributed by atoms with Gasteiger partial charge in [-0.05, 0) is 12.1 Å². The molecule has 0 bridgehead atoms. The molecule has 0 saturated heterocycles. The van der Waals surface area contributed by atoms with Crippen molar-refractivity contribution < 1.29 is 27.5 Å². The molecule has 1 aromatic carbocycles. The van der Waals surface area contributed by atoms with Crippen LogP contribution in [0.2, 0.25) is 0 Å². The van der Waals surface area contributed by atoms with Crippen LogP contribution in [0, 0.1) is 0 Å². The lowest BCUT2D eigenvalue weighted by Crippen LogP contribution is -2.09. The smallest absolute Gasteiger partial charge is 0.339 e. The Kier molecular flexibility index (Phi) is 4.19. The number of isocyanates is 1. The van der Waals surface area contributed by atoms with Crippen molar-refractivity contribution in [1.29, 1.82) is 0 Å². The van der Waals surface area contributed by atoms with E-state index in [2.05, 4.69) is 9.13 Å². The quantitative estimate of drug-likeness (QED) is 0.449. The van der Waals surface area contributed by atoms with Gasteiger partial charge in [0, 0.05) is 6.07 Å². The highest BCUT2D eigenvalue weighted by Crippen LogP contribution is 2.24. The number of ether oxygens (including phenoxy) is 2. The summed E-state index contributed by atoms with van der Waals surface area (Å²) >= 11 is 0. The molecule has 18 heavy (non-hydrogen) atoms. The molecule has 0 fully saturated rings. The van der Waals surface area contributed by atoms with Gasteiger partial charge in [0.1, 0.15) is 10.6 Å².